The average molecular weight is 262 g/mol. The van der Waals surface area contributed by atoms with Crippen molar-refractivity contribution >= 4 is 5.91 Å². The van der Waals surface area contributed by atoms with Crippen molar-refractivity contribution in [3.8, 4) is 0 Å². The van der Waals surface area contributed by atoms with Gasteiger partial charge in [0.15, 0.2) is 0 Å². The molecular weight excluding hydrogens is 236 g/mol. The van der Waals surface area contributed by atoms with Gasteiger partial charge in [-0.25, -0.2) is 0 Å². The summed E-state index contributed by atoms with van der Waals surface area (Å²) >= 11 is 0. The third-order valence-electron chi connectivity index (χ3n) is 3.17. The van der Waals surface area contributed by atoms with E-state index >= 15 is 0 Å². The standard InChI is InChI=1S/C16H26N2O/c1-5-18(15(19)9-10-16(3,4)17)12-14-8-6-7-13(2)11-14/h6-8,11H,5,9-10,12,17H2,1-4H3. The van der Waals surface area contributed by atoms with Crippen LogP contribution in [0.25, 0.3) is 0 Å². The topological polar surface area (TPSA) is 46.3 Å². The van der Waals surface area contributed by atoms with Crippen molar-refractivity contribution < 1.29 is 4.79 Å². The van der Waals surface area contributed by atoms with Crippen molar-refractivity contribution in [2.45, 2.75) is 52.6 Å². The zero-order valence-electron chi connectivity index (χ0n) is 12.6. The molecule has 0 unspecified atom stereocenters. The van der Waals surface area contributed by atoms with Crippen LogP contribution in [0.15, 0.2) is 24.3 Å². The third kappa shape index (κ3) is 5.88. The predicted octanol–water partition coefficient (Wildman–Crippen LogP) is 2.86. The van der Waals surface area contributed by atoms with Gasteiger partial charge in [0.2, 0.25) is 5.91 Å². The molecule has 1 aromatic rings. The molecule has 1 aromatic carbocycles. The highest BCUT2D eigenvalue weighted by molar-refractivity contribution is 5.76. The molecule has 0 aromatic heterocycles. The zero-order chi connectivity index (χ0) is 14.5. The van der Waals surface area contributed by atoms with E-state index in [1.54, 1.807) is 0 Å². The van der Waals surface area contributed by atoms with Gasteiger partial charge in [-0.15, -0.1) is 0 Å². The molecule has 0 heterocycles. The maximum absolute atomic E-state index is 12.2. The van der Waals surface area contributed by atoms with Gasteiger partial charge < -0.3 is 10.6 Å². The van der Waals surface area contributed by atoms with Crippen LogP contribution in [0, 0.1) is 6.92 Å². The molecule has 3 heteroatoms. The van der Waals surface area contributed by atoms with Gasteiger partial charge in [0.1, 0.15) is 0 Å². The molecule has 0 bridgehead atoms. The van der Waals surface area contributed by atoms with Crippen molar-refractivity contribution in [2.24, 2.45) is 5.73 Å². The normalized spacial score (nSPS) is 11.4. The number of benzene rings is 1. The van der Waals surface area contributed by atoms with Crippen LogP contribution in [0.4, 0.5) is 0 Å². The van der Waals surface area contributed by atoms with Gasteiger partial charge in [0.25, 0.3) is 0 Å². The Balaban J connectivity index is 2.60. The first-order valence-corrected chi connectivity index (χ1v) is 6.94. The van der Waals surface area contributed by atoms with Gasteiger partial charge in [-0.3, -0.25) is 4.79 Å². The SMILES string of the molecule is CCN(Cc1cccc(C)c1)C(=O)CCC(C)(C)N. The smallest absolute Gasteiger partial charge is 0.222 e. The second-order valence-corrected chi connectivity index (χ2v) is 5.89. The minimum atomic E-state index is -0.279. The minimum absolute atomic E-state index is 0.183. The monoisotopic (exact) mass is 262 g/mol. The van der Waals surface area contributed by atoms with Gasteiger partial charge in [-0.05, 0) is 39.7 Å². The van der Waals surface area contributed by atoms with Crippen molar-refractivity contribution in [1.29, 1.82) is 0 Å². The third-order valence-corrected chi connectivity index (χ3v) is 3.17. The Morgan fingerprint density at radius 2 is 2.05 bits per heavy atom. The summed E-state index contributed by atoms with van der Waals surface area (Å²) in [6.07, 6.45) is 1.24. The van der Waals surface area contributed by atoms with E-state index in [1.807, 2.05) is 31.7 Å². The summed E-state index contributed by atoms with van der Waals surface area (Å²) in [6.45, 7) is 9.41. The molecule has 106 valence electrons. The largest absolute Gasteiger partial charge is 0.339 e. The molecule has 1 amide bonds. The van der Waals surface area contributed by atoms with Crippen molar-refractivity contribution in [2.75, 3.05) is 6.54 Å². The van der Waals surface area contributed by atoms with E-state index in [4.69, 9.17) is 5.73 Å². The van der Waals surface area contributed by atoms with E-state index < -0.39 is 0 Å². The number of aryl methyl sites for hydroxylation is 1. The lowest BCUT2D eigenvalue weighted by Gasteiger charge is -2.24. The lowest BCUT2D eigenvalue weighted by molar-refractivity contribution is -0.132. The number of amides is 1. The van der Waals surface area contributed by atoms with E-state index in [-0.39, 0.29) is 11.4 Å². The van der Waals surface area contributed by atoms with E-state index in [1.165, 1.54) is 11.1 Å². The van der Waals surface area contributed by atoms with E-state index in [0.717, 1.165) is 13.0 Å². The highest BCUT2D eigenvalue weighted by Crippen LogP contribution is 2.12. The molecule has 0 aliphatic heterocycles. The summed E-state index contributed by atoms with van der Waals surface area (Å²) < 4.78 is 0. The van der Waals surface area contributed by atoms with Crippen LogP contribution >= 0.6 is 0 Å². The highest BCUT2D eigenvalue weighted by atomic mass is 16.2. The number of nitrogens with zero attached hydrogens (tertiary/aromatic N) is 1. The Kier molecular flexibility index (Phi) is 5.55. The summed E-state index contributed by atoms with van der Waals surface area (Å²) in [4.78, 5) is 14.1. The fraction of sp³-hybridized carbons (Fsp3) is 0.562. The first-order chi connectivity index (χ1) is 8.81. The lowest BCUT2D eigenvalue weighted by atomic mass is 9.99. The first kappa shape index (κ1) is 15.7. The summed E-state index contributed by atoms with van der Waals surface area (Å²) in [5, 5.41) is 0. The van der Waals surface area contributed by atoms with Crippen LogP contribution < -0.4 is 5.73 Å². The second kappa shape index (κ2) is 6.71. The van der Waals surface area contributed by atoms with Gasteiger partial charge in [-0.1, -0.05) is 29.8 Å². The fourth-order valence-corrected chi connectivity index (χ4v) is 1.99. The summed E-state index contributed by atoms with van der Waals surface area (Å²) in [7, 11) is 0. The molecule has 0 fully saturated rings. The summed E-state index contributed by atoms with van der Waals surface area (Å²) in [6, 6.07) is 8.29. The van der Waals surface area contributed by atoms with Crippen LogP contribution in [0.1, 0.15) is 44.7 Å². The molecule has 0 radical (unpaired) electrons. The van der Waals surface area contributed by atoms with Crippen LogP contribution in [0.3, 0.4) is 0 Å². The Morgan fingerprint density at radius 3 is 2.58 bits per heavy atom. The molecule has 0 aliphatic rings. The number of carbonyl (C=O) groups excluding carboxylic acids is 1. The Hall–Kier alpha value is -1.35. The van der Waals surface area contributed by atoms with Crippen LogP contribution in [0.5, 0.6) is 0 Å². The quantitative estimate of drug-likeness (QED) is 0.857. The van der Waals surface area contributed by atoms with Crippen molar-refractivity contribution in [1.82, 2.24) is 4.90 Å². The molecule has 0 saturated carbocycles. The Morgan fingerprint density at radius 1 is 1.37 bits per heavy atom. The van der Waals surface area contributed by atoms with E-state index in [0.29, 0.717) is 13.0 Å². The molecule has 0 spiro atoms. The highest BCUT2D eigenvalue weighted by Gasteiger charge is 2.17. The maximum Gasteiger partial charge on any atom is 0.222 e. The van der Waals surface area contributed by atoms with Crippen LogP contribution in [-0.4, -0.2) is 22.9 Å². The lowest BCUT2D eigenvalue weighted by Crippen LogP contribution is -2.36. The number of hydrogen-bond donors (Lipinski definition) is 1. The molecule has 0 aliphatic carbocycles. The van der Waals surface area contributed by atoms with Gasteiger partial charge in [0, 0.05) is 25.0 Å². The predicted molar refractivity (Wildman–Crippen MR) is 79.8 cm³/mol. The summed E-state index contributed by atoms with van der Waals surface area (Å²) in [5.41, 5.74) is 8.06. The van der Waals surface area contributed by atoms with Crippen LogP contribution in [-0.2, 0) is 11.3 Å². The minimum Gasteiger partial charge on any atom is -0.339 e. The second-order valence-electron chi connectivity index (χ2n) is 5.89. The zero-order valence-corrected chi connectivity index (χ0v) is 12.6. The number of hydrogen-bond acceptors (Lipinski definition) is 2. The van der Waals surface area contributed by atoms with E-state index in [9.17, 15) is 4.79 Å². The number of carbonyl (C=O) groups is 1. The van der Waals surface area contributed by atoms with Gasteiger partial charge in [0.05, 0.1) is 0 Å². The molecule has 3 nitrogen and oxygen atoms in total. The van der Waals surface area contributed by atoms with E-state index in [2.05, 4.69) is 25.1 Å². The fourth-order valence-electron chi connectivity index (χ4n) is 1.99. The molecule has 1 rings (SSSR count). The average Bonchev–Trinajstić information content (AvgIpc) is 2.32. The first-order valence-electron chi connectivity index (χ1n) is 6.94. The van der Waals surface area contributed by atoms with Gasteiger partial charge >= 0.3 is 0 Å². The molecule has 19 heavy (non-hydrogen) atoms. The molecule has 0 saturated heterocycles. The van der Waals surface area contributed by atoms with Gasteiger partial charge in [-0.2, -0.15) is 0 Å². The Bertz CT molecular complexity index is 421. The Labute approximate surface area is 116 Å². The van der Waals surface area contributed by atoms with Crippen molar-refractivity contribution in [3.63, 3.8) is 0 Å². The molecule has 0 atom stereocenters. The molecular formula is C16H26N2O. The van der Waals surface area contributed by atoms with Crippen molar-refractivity contribution in [3.05, 3.63) is 35.4 Å². The maximum atomic E-state index is 12.2. The number of nitrogens with two attached hydrogens (primary N) is 1. The van der Waals surface area contributed by atoms with Crippen LogP contribution in [0.2, 0.25) is 0 Å². The summed E-state index contributed by atoms with van der Waals surface area (Å²) in [5.74, 6) is 0.183. The number of rotatable bonds is 6. The molecule has 2 N–H and O–H groups in total.